The summed E-state index contributed by atoms with van der Waals surface area (Å²) in [5, 5.41) is 19.4. The molecule has 1 fully saturated rings. The molecule has 402 valence electrons. The van der Waals surface area contributed by atoms with Gasteiger partial charge in [0, 0.05) is 88.1 Å². The van der Waals surface area contributed by atoms with E-state index in [1.807, 2.05) is 92.9 Å². The first-order valence-corrected chi connectivity index (χ1v) is 27.1. The second-order valence-corrected chi connectivity index (χ2v) is 20.7. The maximum atomic E-state index is 14.0. The van der Waals surface area contributed by atoms with E-state index < -0.39 is 6.04 Å². The van der Waals surface area contributed by atoms with E-state index in [4.69, 9.17) is 35.5 Å². The van der Waals surface area contributed by atoms with E-state index in [0.29, 0.717) is 80.5 Å². The van der Waals surface area contributed by atoms with Gasteiger partial charge in [-0.25, -0.2) is 0 Å². The number of thiophene rings is 1. The van der Waals surface area contributed by atoms with Crippen LogP contribution in [0.4, 0.5) is 11.4 Å². The van der Waals surface area contributed by atoms with Crippen LogP contribution in [0.1, 0.15) is 105 Å². The van der Waals surface area contributed by atoms with Crippen molar-refractivity contribution in [3.8, 4) is 16.1 Å². The fourth-order valence-corrected chi connectivity index (χ4v) is 11.0. The molecule has 8 rings (SSSR count). The SMILES string of the molecule is CCN(c1cc(-c2ccc(NC(=O)CCOCCOCCOCCNC(=O)C[C@@H]3N=C(c4ccc(Cl)cc4)c4c(sc(C)c4C)-n4c(C)nnc43)cc2)cc(C(=O)NCc2c(C)cc(C)[nH]c2=O)c1C)C1CCOCC1. The van der Waals surface area contributed by atoms with Crippen molar-refractivity contribution in [3.63, 3.8) is 0 Å². The smallest absolute Gasteiger partial charge is 0.253 e. The Labute approximate surface area is 452 Å². The Kier molecular flexibility index (Phi) is 19.1. The Morgan fingerprint density at radius 2 is 1.50 bits per heavy atom. The Morgan fingerprint density at radius 1 is 0.816 bits per heavy atom. The van der Waals surface area contributed by atoms with Gasteiger partial charge in [0.15, 0.2) is 5.82 Å². The number of ether oxygens (including phenoxy) is 4. The van der Waals surface area contributed by atoms with Gasteiger partial charge < -0.3 is 44.8 Å². The van der Waals surface area contributed by atoms with E-state index in [1.165, 1.54) is 4.88 Å². The largest absolute Gasteiger partial charge is 0.381 e. The molecule has 0 unspecified atom stereocenters. The zero-order valence-corrected chi connectivity index (χ0v) is 46.0. The molecule has 5 heterocycles. The summed E-state index contributed by atoms with van der Waals surface area (Å²) >= 11 is 7.91. The van der Waals surface area contributed by atoms with Crippen LogP contribution in [0.15, 0.2) is 76.5 Å². The molecule has 0 saturated carbocycles. The molecule has 0 aliphatic carbocycles. The first-order chi connectivity index (χ1) is 36.7. The van der Waals surface area contributed by atoms with Gasteiger partial charge in [0.25, 0.3) is 11.5 Å². The van der Waals surface area contributed by atoms with Crippen molar-refractivity contribution in [3.05, 3.63) is 143 Å². The summed E-state index contributed by atoms with van der Waals surface area (Å²) in [6, 6.07) is 20.8. The summed E-state index contributed by atoms with van der Waals surface area (Å²) < 4.78 is 24.7. The average Bonchev–Trinajstić information content (AvgIpc) is 3.92. The highest BCUT2D eigenvalue weighted by molar-refractivity contribution is 7.15. The molecule has 0 spiro atoms. The first kappa shape index (κ1) is 55.7. The highest BCUT2D eigenvalue weighted by atomic mass is 35.5. The van der Waals surface area contributed by atoms with Crippen molar-refractivity contribution in [1.29, 1.82) is 0 Å². The zero-order chi connectivity index (χ0) is 53.9. The zero-order valence-electron chi connectivity index (χ0n) is 44.4. The molecule has 1 atom stereocenters. The van der Waals surface area contributed by atoms with Crippen LogP contribution in [0.2, 0.25) is 5.02 Å². The first-order valence-electron chi connectivity index (χ1n) is 25.9. The van der Waals surface area contributed by atoms with E-state index in [1.54, 1.807) is 11.3 Å². The Hall–Kier alpha value is -6.54. The summed E-state index contributed by atoms with van der Waals surface area (Å²) in [6.45, 7) is 18.3. The Morgan fingerprint density at radius 3 is 2.20 bits per heavy atom. The minimum atomic E-state index is -0.564. The number of aliphatic imine (C=N–C) groups is 1. The van der Waals surface area contributed by atoms with E-state index in [9.17, 15) is 19.2 Å². The molecule has 2 aliphatic rings. The van der Waals surface area contributed by atoms with Gasteiger partial charge in [0.1, 0.15) is 16.9 Å². The molecule has 3 amide bonds. The molecule has 6 aromatic rings. The third-order valence-electron chi connectivity index (χ3n) is 13.9. The van der Waals surface area contributed by atoms with Gasteiger partial charge in [0.2, 0.25) is 11.8 Å². The number of hydrogen-bond acceptors (Lipinski definition) is 13. The predicted molar refractivity (Wildman–Crippen MR) is 298 cm³/mol. The fourth-order valence-electron chi connectivity index (χ4n) is 9.71. The van der Waals surface area contributed by atoms with Crippen LogP contribution in [0, 0.1) is 41.5 Å². The Balaban J connectivity index is 0.753. The predicted octanol–water partition coefficient (Wildman–Crippen LogP) is 8.60. The van der Waals surface area contributed by atoms with Crippen LogP contribution in [0.5, 0.6) is 0 Å². The van der Waals surface area contributed by atoms with Gasteiger partial charge in [-0.15, -0.1) is 21.5 Å². The van der Waals surface area contributed by atoms with Gasteiger partial charge in [-0.1, -0.05) is 35.9 Å². The van der Waals surface area contributed by atoms with Gasteiger partial charge in [0.05, 0.1) is 58.2 Å². The molecule has 0 radical (unpaired) electrons. The number of carbonyl (C=O) groups is 3. The number of nitrogens with zero attached hydrogens (tertiary/aromatic N) is 5. The fraction of sp³-hybridized carbons (Fsp3) is 0.421. The standard InChI is InChI=1S/C57H68ClN9O8S/c1-8-66(45-17-21-72-22-18-45)49-31-42(30-46(37(49)5)55(70)60-33-47-34(2)29-35(3)61-56(47)71)40-11-15-44(16-12-40)62-50(68)19-23-73-25-27-75-28-26-74-24-20-59-51(69)32-48-54-65-64-39(7)67(54)57-52(36(4)38(6)76-57)53(63-48)41-9-13-43(58)14-10-41/h9-16,29-31,45,48H,8,17-28,32-33H2,1-7H3,(H,59,69)(H,60,70)(H,61,71)(H,62,68)/t48-/m0/s1. The number of benzene rings is 3. The lowest BCUT2D eigenvalue weighted by molar-refractivity contribution is -0.121. The lowest BCUT2D eigenvalue weighted by atomic mass is 9.95. The van der Waals surface area contributed by atoms with Crippen LogP contribution in [-0.4, -0.2) is 115 Å². The normalized spacial score (nSPS) is 14.4. The number of hydrogen-bond donors (Lipinski definition) is 4. The number of aryl methyl sites for hydroxylation is 4. The van der Waals surface area contributed by atoms with Crippen LogP contribution in [-0.2, 0) is 35.1 Å². The molecule has 4 N–H and O–H groups in total. The second-order valence-electron chi connectivity index (χ2n) is 19.1. The molecule has 3 aromatic heterocycles. The van der Waals surface area contributed by atoms with Gasteiger partial charge in [-0.2, -0.15) is 0 Å². The summed E-state index contributed by atoms with van der Waals surface area (Å²) in [6.07, 6.45) is 2.02. The highest BCUT2D eigenvalue weighted by Crippen LogP contribution is 2.40. The number of nitrogens with one attached hydrogen (secondary N) is 4. The van der Waals surface area contributed by atoms with Gasteiger partial charge >= 0.3 is 0 Å². The third kappa shape index (κ3) is 13.5. The summed E-state index contributed by atoms with van der Waals surface area (Å²) in [4.78, 5) is 64.4. The van der Waals surface area contributed by atoms with Crippen molar-refractivity contribution < 1.29 is 33.3 Å². The molecule has 76 heavy (non-hydrogen) atoms. The lowest BCUT2D eigenvalue weighted by Gasteiger charge is -2.37. The van der Waals surface area contributed by atoms with Crippen molar-refractivity contribution >= 4 is 57.7 Å². The van der Waals surface area contributed by atoms with Crippen molar-refractivity contribution in [2.24, 2.45) is 4.99 Å². The number of amides is 3. The van der Waals surface area contributed by atoms with E-state index in [0.717, 1.165) is 86.2 Å². The number of aromatic amines is 1. The van der Waals surface area contributed by atoms with Crippen LogP contribution in [0.3, 0.4) is 0 Å². The molecule has 19 heteroatoms. The topological polar surface area (TPSA) is 203 Å². The minimum absolute atomic E-state index is 0.0821. The summed E-state index contributed by atoms with van der Waals surface area (Å²) in [7, 11) is 0. The Bertz CT molecular complexity index is 3110. The number of rotatable bonds is 23. The van der Waals surface area contributed by atoms with E-state index in [2.05, 4.69) is 62.9 Å². The summed E-state index contributed by atoms with van der Waals surface area (Å²) in [5.74, 6) is 0.715. The summed E-state index contributed by atoms with van der Waals surface area (Å²) in [5.41, 5.74) is 10.5. The number of fused-ring (bicyclic) bond motifs is 3. The van der Waals surface area contributed by atoms with Crippen LogP contribution in [0.25, 0.3) is 16.1 Å². The third-order valence-corrected chi connectivity index (χ3v) is 15.3. The molecule has 0 bridgehead atoms. The molecular formula is C57H68ClN9O8S. The van der Waals surface area contributed by atoms with Crippen molar-refractivity contribution in [1.82, 2.24) is 30.4 Å². The van der Waals surface area contributed by atoms with Gasteiger partial charge in [-0.3, -0.25) is 28.7 Å². The minimum Gasteiger partial charge on any atom is -0.381 e. The monoisotopic (exact) mass is 1070 g/mol. The number of carbonyl (C=O) groups excluding carboxylic acids is 3. The molecule has 1 saturated heterocycles. The second kappa shape index (κ2) is 26.0. The lowest BCUT2D eigenvalue weighted by Crippen LogP contribution is -2.40. The number of H-pyrrole nitrogens is 1. The molecule has 3 aromatic carbocycles. The maximum Gasteiger partial charge on any atom is 0.253 e. The number of aromatic nitrogens is 4. The van der Waals surface area contributed by atoms with E-state index in [-0.39, 0.29) is 55.3 Å². The van der Waals surface area contributed by atoms with E-state index >= 15 is 0 Å². The average molecular weight is 1070 g/mol. The van der Waals surface area contributed by atoms with Crippen LogP contribution < -0.4 is 26.4 Å². The number of anilines is 2. The number of pyridine rings is 1. The maximum absolute atomic E-state index is 14.0. The quantitative estimate of drug-likeness (QED) is 0.0448. The molecule has 2 aliphatic heterocycles. The van der Waals surface area contributed by atoms with Crippen LogP contribution >= 0.6 is 22.9 Å². The molecule has 17 nitrogen and oxygen atoms in total. The highest BCUT2D eigenvalue weighted by Gasteiger charge is 2.33. The van der Waals surface area contributed by atoms with Gasteiger partial charge in [-0.05, 0) is 132 Å². The van der Waals surface area contributed by atoms with Crippen molar-refractivity contribution in [2.45, 2.75) is 92.8 Å². The number of halogens is 1. The molecular weight excluding hydrogens is 1010 g/mol. The van der Waals surface area contributed by atoms with Crippen molar-refractivity contribution in [2.75, 3.05) is 76.2 Å².